The van der Waals surface area contributed by atoms with E-state index in [0.29, 0.717) is 6.61 Å². The summed E-state index contributed by atoms with van der Waals surface area (Å²) in [5.74, 6) is -1.38. The average molecular weight is 187 g/mol. The largest absolute Gasteiger partial charge is 0.490 e. The third kappa shape index (κ3) is 2.31. The van der Waals surface area contributed by atoms with Gasteiger partial charge in [-0.05, 0) is 6.42 Å². The van der Waals surface area contributed by atoms with Crippen LogP contribution in [-0.2, 0) is 0 Å². The minimum atomic E-state index is -0.660. The Kier molecular flexibility index (Phi) is 3.06. The fraction of sp³-hybridized carbons (Fsp3) is 0.333. The monoisotopic (exact) mass is 187 g/mol. The Bertz CT molecular complexity index is 302. The van der Waals surface area contributed by atoms with Gasteiger partial charge in [-0.2, -0.15) is 0 Å². The van der Waals surface area contributed by atoms with Crippen molar-refractivity contribution in [2.24, 2.45) is 0 Å². The van der Waals surface area contributed by atoms with Crippen molar-refractivity contribution in [3.8, 4) is 5.75 Å². The van der Waals surface area contributed by atoms with Gasteiger partial charge in [0.15, 0.2) is 11.6 Å². The molecule has 72 valence electrons. The van der Waals surface area contributed by atoms with Crippen molar-refractivity contribution in [1.82, 2.24) is 0 Å². The van der Waals surface area contributed by atoms with Crippen LogP contribution in [-0.4, -0.2) is 6.61 Å². The van der Waals surface area contributed by atoms with Crippen LogP contribution in [0.25, 0.3) is 0 Å². The molecule has 0 heterocycles. The van der Waals surface area contributed by atoms with Crippen molar-refractivity contribution in [2.75, 3.05) is 12.3 Å². The number of nitrogen functional groups attached to an aromatic ring is 1. The molecule has 0 fully saturated rings. The maximum absolute atomic E-state index is 13.0. The second kappa shape index (κ2) is 4.07. The summed E-state index contributed by atoms with van der Waals surface area (Å²) in [6.45, 7) is 2.24. The van der Waals surface area contributed by atoms with E-state index in [1.54, 1.807) is 0 Å². The van der Waals surface area contributed by atoms with Gasteiger partial charge < -0.3 is 10.5 Å². The second-order valence-electron chi connectivity index (χ2n) is 2.65. The molecule has 0 saturated heterocycles. The van der Waals surface area contributed by atoms with E-state index in [2.05, 4.69) is 0 Å². The smallest absolute Gasteiger partial charge is 0.167 e. The Morgan fingerprint density at radius 2 is 2.00 bits per heavy atom. The highest BCUT2D eigenvalue weighted by molar-refractivity contribution is 5.44. The van der Waals surface area contributed by atoms with Crippen molar-refractivity contribution in [3.05, 3.63) is 23.8 Å². The van der Waals surface area contributed by atoms with Gasteiger partial charge in [0.1, 0.15) is 5.82 Å². The third-order valence-corrected chi connectivity index (χ3v) is 1.51. The van der Waals surface area contributed by atoms with Crippen LogP contribution in [0.5, 0.6) is 5.75 Å². The summed E-state index contributed by atoms with van der Waals surface area (Å²) >= 11 is 0. The molecule has 2 nitrogen and oxygen atoms in total. The molecule has 0 spiro atoms. The fourth-order valence-electron chi connectivity index (χ4n) is 0.867. The van der Waals surface area contributed by atoms with E-state index in [1.807, 2.05) is 6.92 Å². The van der Waals surface area contributed by atoms with E-state index in [4.69, 9.17) is 10.5 Å². The van der Waals surface area contributed by atoms with E-state index in [-0.39, 0.29) is 11.4 Å². The summed E-state index contributed by atoms with van der Waals surface area (Å²) in [7, 11) is 0. The summed E-state index contributed by atoms with van der Waals surface area (Å²) < 4.78 is 30.7. The molecule has 0 amide bonds. The normalized spacial score (nSPS) is 10.1. The first kappa shape index (κ1) is 9.77. The Labute approximate surface area is 75.3 Å². The van der Waals surface area contributed by atoms with Crippen LogP contribution in [0.3, 0.4) is 0 Å². The predicted molar refractivity (Wildman–Crippen MR) is 46.6 cm³/mol. The summed E-state index contributed by atoms with van der Waals surface area (Å²) in [6.07, 6.45) is 0.742. The lowest BCUT2D eigenvalue weighted by molar-refractivity contribution is 0.299. The number of anilines is 1. The Balaban J connectivity index is 2.88. The van der Waals surface area contributed by atoms with Gasteiger partial charge in [-0.3, -0.25) is 0 Å². The number of benzene rings is 1. The van der Waals surface area contributed by atoms with Crippen molar-refractivity contribution in [3.63, 3.8) is 0 Å². The van der Waals surface area contributed by atoms with Crippen LogP contribution < -0.4 is 10.5 Å². The van der Waals surface area contributed by atoms with Crippen molar-refractivity contribution < 1.29 is 13.5 Å². The molecule has 0 bridgehead atoms. The molecule has 1 aromatic rings. The third-order valence-electron chi connectivity index (χ3n) is 1.51. The number of nitrogens with two attached hydrogens (primary N) is 1. The number of rotatable bonds is 3. The molecule has 0 aliphatic rings. The maximum Gasteiger partial charge on any atom is 0.167 e. The zero-order chi connectivity index (χ0) is 9.84. The minimum absolute atomic E-state index is 0.0893. The Morgan fingerprint density at radius 3 is 2.62 bits per heavy atom. The number of hydrogen-bond acceptors (Lipinski definition) is 2. The zero-order valence-corrected chi connectivity index (χ0v) is 7.31. The fourth-order valence-corrected chi connectivity index (χ4v) is 0.867. The lowest BCUT2D eigenvalue weighted by Crippen LogP contribution is -2.00. The highest BCUT2D eigenvalue weighted by Crippen LogP contribution is 2.22. The first-order valence-corrected chi connectivity index (χ1v) is 4.02. The molecule has 0 unspecified atom stereocenters. The lowest BCUT2D eigenvalue weighted by atomic mass is 10.3. The molecular weight excluding hydrogens is 176 g/mol. The van der Waals surface area contributed by atoms with Crippen molar-refractivity contribution in [1.29, 1.82) is 0 Å². The molecule has 0 atom stereocenters. The van der Waals surface area contributed by atoms with Crippen LogP contribution in [0.1, 0.15) is 13.3 Å². The molecular formula is C9H11F2NO. The van der Waals surface area contributed by atoms with Crippen LogP contribution in [0.2, 0.25) is 0 Å². The molecule has 0 radical (unpaired) electrons. The van der Waals surface area contributed by atoms with Gasteiger partial charge in [0.25, 0.3) is 0 Å². The molecule has 0 aliphatic carbocycles. The van der Waals surface area contributed by atoms with Crippen molar-refractivity contribution in [2.45, 2.75) is 13.3 Å². The predicted octanol–water partition coefficient (Wildman–Crippen LogP) is 2.34. The van der Waals surface area contributed by atoms with Gasteiger partial charge >= 0.3 is 0 Å². The second-order valence-corrected chi connectivity index (χ2v) is 2.65. The zero-order valence-electron chi connectivity index (χ0n) is 7.31. The molecule has 2 N–H and O–H groups in total. The molecule has 0 saturated carbocycles. The number of hydrogen-bond donors (Lipinski definition) is 1. The number of ether oxygens (including phenoxy) is 1. The SMILES string of the molecule is CCCOc1cc(F)c(N)cc1F. The average Bonchev–Trinajstić information content (AvgIpc) is 2.09. The highest BCUT2D eigenvalue weighted by atomic mass is 19.1. The standard InChI is InChI=1S/C9H11F2NO/c1-2-3-13-9-5-6(10)8(12)4-7(9)11/h4-5H,2-3,12H2,1H3. The van der Waals surface area contributed by atoms with E-state index in [1.165, 1.54) is 0 Å². The summed E-state index contributed by atoms with van der Waals surface area (Å²) in [5.41, 5.74) is 4.94. The van der Waals surface area contributed by atoms with Gasteiger partial charge in [0, 0.05) is 12.1 Å². The summed E-state index contributed by atoms with van der Waals surface area (Å²) in [4.78, 5) is 0. The lowest BCUT2D eigenvalue weighted by Gasteiger charge is -2.06. The van der Waals surface area contributed by atoms with Gasteiger partial charge in [0.2, 0.25) is 0 Å². The molecule has 0 aliphatic heterocycles. The van der Waals surface area contributed by atoms with Gasteiger partial charge in [-0.1, -0.05) is 6.92 Å². The van der Waals surface area contributed by atoms with E-state index in [0.717, 1.165) is 18.6 Å². The number of halogens is 2. The summed E-state index contributed by atoms with van der Waals surface area (Å²) in [5, 5.41) is 0. The van der Waals surface area contributed by atoms with Gasteiger partial charge in [-0.15, -0.1) is 0 Å². The Morgan fingerprint density at radius 1 is 1.31 bits per heavy atom. The van der Waals surface area contributed by atoms with E-state index >= 15 is 0 Å². The summed E-state index contributed by atoms with van der Waals surface area (Å²) in [6, 6.07) is 1.88. The molecule has 1 rings (SSSR count). The Hall–Kier alpha value is -1.32. The minimum Gasteiger partial charge on any atom is -0.490 e. The van der Waals surface area contributed by atoms with E-state index < -0.39 is 11.6 Å². The van der Waals surface area contributed by atoms with Crippen LogP contribution >= 0.6 is 0 Å². The van der Waals surface area contributed by atoms with Gasteiger partial charge in [-0.25, -0.2) is 8.78 Å². The van der Waals surface area contributed by atoms with Gasteiger partial charge in [0.05, 0.1) is 12.3 Å². The van der Waals surface area contributed by atoms with Crippen LogP contribution in [0, 0.1) is 11.6 Å². The molecule has 13 heavy (non-hydrogen) atoms. The molecule has 4 heteroatoms. The van der Waals surface area contributed by atoms with Crippen LogP contribution in [0.15, 0.2) is 12.1 Å². The maximum atomic E-state index is 13.0. The highest BCUT2D eigenvalue weighted by Gasteiger charge is 2.08. The first-order valence-electron chi connectivity index (χ1n) is 4.02. The topological polar surface area (TPSA) is 35.2 Å². The van der Waals surface area contributed by atoms with E-state index in [9.17, 15) is 8.78 Å². The molecule has 0 aromatic heterocycles. The molecule has 1 aromatic carbocycles. The van der Waals surface area contributed by atoms with Crippen molar-refractivity contribution >= 4 is 5.69 Å². The first-order chi connectivity index (χ1) is 6.15. The van der Waals surface area contributed by atoms with Crippen LogP contribution in [0.4, 0.5) is 14.5 Å². The quantitative estimate of drug-likeness (QED) is 0.737.